The van der Waals surface area contributed by atoms with Gasteiger partial charge in [-0.25, -0.2) is 0 Å². The first-order valence-corrected chi connectivity index (χ1v) is 7.59. The minimum Gasteiger partial charge on any atom is -0.504 e. The van der Waals surface area contributed by atoms with Crippen LogP contribution in [0, 0.1) is 0 Å². The number of likely N-dealkylation sites (tertiary alicyclic amines) is 1. The number of hydrogen-bond acceptors (Lipinski definition) is 3. The predicted molar refractivity (Wildman–Crippen MR) is 81.1 cm³/mol. The summed E-state index contributed by atoms with van der Waals surface area (Å²) in [6.45, 7) is 2.49. The molecule has 3 nitrogen and oxygen atoms in total. The fraction of sp³-hybridized carbons (Fsp3) is 0.529. The Balaban J connectivity index is 1.82. The summed E-state index contributed by atoms with van der Waals surface area (Å²) in [6.07, 6.45) is 8.71. The normalized spacial score (nSPS) is 25.4. The number of aromatic hydroxyl groups is 1. The van der Waals surface area contributed by atoms with E-state index in [9.17, 15) is 5.11 Å². The van der Waals surface area contributed by atoms with Crippen LogP contribution in [0.5, 0.6) is 11.5 Å². The quantitative estimate of drug-likeness (QED) is 0.915. The average Bonchev–Trinajstić information content (AvgIpc) is 2.39. The molecule has 0 radical (unpaired) electrons. The second-order valence-corrected chi connectivity index (χ2v) is 5.80. The van der Waals surface area contributed by atoms with Gasteiger partial charge in [0, 0.05) is 6.04 Å². The molecule has 1 unspecified atom stereocenters. The van der Waals surface area contributed by atoms with E-state index in [1.807, 2.05) is 12.1 Å². The Morgan fingerprint density at radius 1 is 1.25 bits per heavy atom. The van der Waals surface area contributed by atoms with Crippen molar-refractivity contribution >= 4 is 6.08 Å². The van der Waals surface area contributed by atoms with E-state index in [2.05, 4.69) is 11.0 Å². The van der Waals surface area contributed by atoms with E-state index < -0.39 is 0 Å². The van der Waals surface area contributed by atoms with Gasteiger partial charge in [-0.15, -0.1) is 0 Å². The second-order valence-electron chi connectivity index (χ2n) is 5.80. The van der Waals surface area contributed by atoms with Gasteiger partial charge in [0.25, 0.3) is 0 Å². The first-order valence-electron chi connectivity index (χ1n) is 7.59. The van der Waals surface area contributed by atoms with Crippen molar-refractivity contribution < 1.29 is 9.84 Å². The summed E-state index contributed by atoms with van der Waals surface area (Å²) in [6, 6.07) is 6.28. The third-order valence-electron chi connectivity index (χ3n) is 4.51. The maximum absolute atomic E-state index is 9.89. The smallest absolute Gasteiger partial charge is 0.160 e. The summed E-state index contributed by atoms with van der Waals surface area (Å²) in [5.74, 6) is 0.758. The highest BCUT2D eigenvalue weighted by Gasteiger charge is 2.28. The molecular formula is C17H23NO2. The lowest BCUT2D eigenvalue weighted by atomic mass is 9.86. The molecule has 3 rings (SSSR count). The molecule has 0 aromatic heterocycles. The maximum atomic E-state index is 9.89. The van der Waals surface area contributed by atoms with Gasteiger partial charge in [-0.3, -0.25) is 4.90 Å². The summed E-state index contributed by atoms with van der Waals surface area (Å²) < 4.78 is 5.10. The maximum Gasteiger partial charge on any atom is 0.160 e. The predicted octanol–water partition coefficient (Wildman–Crippen LogP) is 3.43. The zero-order valence-electron chi connectivity index (χ0n) is 12.1. The molecule has 20 heavy (non-hydrogen) atoms. The van der Waals surface area contributed by atoms with Crippen molar-refractivity contribution in [2.75, 3.05) is 20.2 Å². The minimum atomic E-state index is 0.221. The van der Waals surface area contributed by atoms with Crippen LogP contribution in [0.2, 0.25) is 0 Å². The van der Waals surface area contributed by atoms with Crippen LogP contribution in [0.1, 0.15) is 37.7 Å². The van der Waals surface area contributed by atoms with Crippen molar-refractivity contribution in [3.8, 4) is 11.5 Å². The van der Waals surface area contributed by atoms with Crippen LogP contribution < -0.4 is 4.74 Å². The summed E-state index contributed by atoms with van der Waals surface area (Å²) >= 11 is 0. The van der Waals surface area contributed by atoms with Gasteiger partial charge in [-0.05, 0) is 56.5 Å². The van der Waals surface area contributed by atoms with Crippen LogP contribution in [0.15, 0.2) is 23.8 Å². The Morgan fingerprint density at radius 3 is 2.75 bits per heavy atom. The van der Waals surface area contributed by atoms with Gasteiger partial charge in [-0.1, -0.05) is 24.1 Å². The lowest BCUT2D eigenvalue weighted by Crippen LogP contribution is -2.46. The summed E-state index contributed by atoms with van der Waals surface area (Å²) in [4.78, 5) is 2.59. The minimum absolute atomic E-state index is 0.221. The Hall–Kier alpha value is -1.48. The van der Waals surface area contributed by atoms with E-state index in [1.165, 1.54) is 50.8 Å². The largest absolute Gasteiger partial charge is 0.504 e. The molecule has 1 aliphatic carbocycles. The third kappa shape index (κ3) is 2.68. The van der Waals surface area contributed by atoms with Crippen molar-refractivity contribution in [3.63, 3.8) is 0 Å². The molecule has 2 fully saturated rings. The van der Waals surface area contributed by atoms with Crippen molar-refractivity contribution in [1.82, 2.24) is 4.90 Å². The number of nitrogens with zero attached hydrogens (tertiary/aromatic N) is 1. The van der Waals surface area contributed by atoms with E-state index in [4.69, 9.17) is 4.74 Å². The van der Waals surface area contributed by atoms with Crippen LogP contribution >= 0.6 is 0 Å². The topological polar surface area (TPSA) is 32.7 Å². The summed E-state index contributed by atoms with van der Waals surface area (Å²) in [7, 11) is 1.58. The lowest BCUT2D eigenvalue weighted by molar-refractivity contribution is 0.121. The Kier molecular flexibility index (Phi) is 3.97. The van der Waals surface area contributed by atoms with Crippen LogP contribution in [0.3, 0.4) is 0 Å². The van der Waals surface area contributed by atoms with Crippen molar-refractivity contribution in [2.24, 2.45) is 0 Å². The monoisotopic (exact) mass is 273 g/mol. The zero-order chi connectivity index (χ0) is 13.9. The number of hydrogen-bond donors (Lipinski definition) is 1. The Labute approximate surface area is 120 Å². The van der Waals surface area contributed by atoms with Gasteiger partial charge in [0.15, 0.2) is 11.5 Å². The molecular weight excluding hydrogens is 250 g/mol. The molecule has 1 atom stereocenters. The summed E-state index contributed by atoms with van der Waals surface area (Å²) in [5.41, 5.74) is 2.60. The Bertz CT molecular complexity index is 506. The lowest BCUT2D eigenvalue weighted by Gasteiger charge is -2.42. The number of ether oxygens (including phenoxy) is 1. The van der Waals surface area contributed by atoms with Gasteiger partial charge in [0.2, 0.25) is 0 Å². The third-order valence-corrected chi connectivity index (χ3v) is 4.51. The van der Waals surface area contributed by atoms with Gasteiger partial charge < -0.3 is 9.84 Å². The molecule has 1 aliphatic heterocycles. The highest BCUT2D eigenvalue weighted by atomic mass is 16.5. The molecule has 1 aromatic rings. The van der Waals surface area contributed by atoms with Crippen LogP contribution in [0.25, 0.3) is 6.08 Å². The number of phenols is 1. The van der Waals surface area contributed by atoms with E-state index in [0.717, 1.165) is 5.56 Å². The molecule has 2 aliphatic rings. The van der Waals surface area contributed by atoms with Crippen molar-refractivity contribution in [1.29, 1.82) is 0 Å². The molecule has 108 valence electrons. The van der Waals surface area contributed by atoms with Crippen molar-refractivity contribution in [2.45, 2.75) is 38.1 Å². The number of rotatable bonds is 3. The van der Waals surface area contributed by atoms with E-state index >= 15 is 0 Å². The van der Waals surface area contributed by atoms with E-state index in [0.29, 0.717) is 11.8 Å². The molecule has 0 bridgehead atoms. The first-order chi connectivity index (χ1) is 9.78. The number of methoxy groups -OCH3 is 1. The molecule has 1 saturated carbocycles. The second kappa shape index (κ2) is 5.88. The molecule has 1 aromatic carbocycles. The summed E-state index contributed by atoms with van der Waals surface area (Å²) in [5, 5.41) is 9.89. The number of benzene rings is 1. The van der Waals surface area contributed by atoms with Gasteiger partial charge in [0.1, 0.15) is 0 Å². The van der Waals surface area contributed by atoms with Crippen LogP contribution in [0.4, 0.5) is 0 Å². The molecule has 1 N–H and O–H groups in total. The standard InChI is InChI=1S/C17H23NO2/c1-20-17-8-7-13(12-16(17)19)11-14-5-2-3-6-15(14)18-9-4-10-18/h7-8,11-12,15,19H,2-6,9-10H2,1H3/b14-11-. The number of phenolic OH excluding ortho intramolecular Hbond substituents is 1. The van der Waals surface area contributed by atoms with E-state index in [1.54, 1.807) is 13.2 Å². The molecule has 0 amide bonds. The van der Waals surface area contributed by atoms with Crippen molar-refractivity contribution in [3.05, 3.63) is 29.3 Å². The Morgan fingerprint density at radius 2 is 2.10 bits per heavy atom. The fourth-order valence-corrected chi connectivity index (χ4v) is 3.27. The van der Waals surface area contributed by atoms with Crippen LogP contribution in [-0.2, 0) is 0 Å². The highest BCUT2D eigenvalue weighted by molar-refractivity contribution is 5.59. The highest BCUT2D eigenvalue weighted by Crippen LogP contribution is 2.33. The van der Waals surface area contributed by atoms with Gasteiger partial charge >= 0.3 is 0 Å². The zero-order valence-corrected chi connectivity index (χ0v) is 12.1. The molecule has 3 heteroatoms. The first kappa shape index (κ1) is 13.5. The van der Waals surface area contributed by atoms with Gasteiger partial charge in [0.05, 0.1) is 7.11 Å². The fourth-order valence-electron chi connectivity index (χ4n) is 3.27. The molecule has 1 heterocycles. The van der Waals surface area contributed by atoms with Crippen LogP contribution in [-0.4, -0.2) is 36.2 Å². The molecule has 1 saturated heterocycles. The molecule has 0 spiro atoms. The van der Waals surface area contributed by atoms with E-state index in [-0.39, 0.29) is 5.75 Å². The average molecular weight is 273 g/mol. The van der Waals surface area contributed by atoms with Gasteiger partial charge in [-0.2, -0.15) is 0 Å². The SMILES string of the molecule is COc1ccc(/C=C2/CCCCC2N2CCC2)cc1O.